The summed E-state index contributed by atoms with van der Waals surface area (Å²) in [5.41, 5.74) is 6.56. The van der Waals surface area contributed by atoms with Crippen molar-refractivity contribution in [2.24, 2.45) is 16.6 Å². The van der Waals surface area contributed by atoms with Crippen LogP contribution in [0.15, 0.2) is 23.3 Å². The monoisotopic (exact) mass is 346 g/mol. The van der Waals surface area contributed by atoms with Crippen LogP contribution in [0, 0.1) is 5.92 Å². The van der Waals surface area contributed by atoms with Crippen LogP contribution in [0.1, 0.15) is 38.7 Å². The second-order valence-electron chi connectivity index (χ2n) is 6.30. The number of aromatic nitrogens is 1. The van der Waals surface area contributed by atoms with E-state index >= 15 is 0 Å². The van der Waals surface area contributed by atoms with Crippen molar-refractivity contribution in [1.29, 1.82) is 0 Å². The van der Waals surface area contributed by atoms with E-state index in [4.69, 9.17) is 5.73 Å². The summed E-state index contributed by atoms with van der Waals surface area (Å²) in [6, 6.07) is 3.97. The van der Waals surface area contributed by atoms with E-state index in [1.54, 1.807) is 6.20 Å². The van der Waals surface area contributed by atoms with Gasteiger partial charge in [-0.05, 0) is 32.3 Å². The largest absolute Gasteiger partial charge is 0.369 e. The molecule has 2 heterocycles. The molecule has 1 aromatic rings. The molecule has 4 N–H and O–H groups in total. The van der Waals surface area contributed by atoms with Crippen molar-refractivity contribution in [3.63, 3.8) is 0 Å². The number of guanidine groups is 1. The summed E-state index contributed by atoms with van der Waals surface area (Å²) in [7, 11) is 0. The van der Waals surface area contributed by atoms with Gasteiger partial charge in [-0.2, -0.15) is 0 Å². The summed E-state index contributed by atoms with van der Waals surface area (Å²) in [5, 5.41) is 6.56. The zero-order chi connectivity index (χ0) is 18.1. The predicted octanol–water partition coefficient (Wildman–Crippen LogP) is 1.25. The normalized spacial score (nSPS) is 18.1. The summed E-state index contributed by atoms with van der Waals surface area (Å²) in [6.45, 7) is 7.96. The van der Waals surface area contributed by atoms with Gasteiger partial charge in [-0.3, -0.25) is 4.79 Å². The molecule has 1 atom stereocenters. The highest BCUT2D eigenvalue weighted by Crippen LogP contribution is 2.24. The molecular weight excluding hydrogens is 316 g/mol. The first-order chi connectivity index (χ1) is 12.2. The van der Waals surface area contributed by atoms with Crippen molar-refractivity contribution in [3.8, 4) is 0 Å². The third-order valence-corrected chi connectivity index (χ3v) is 4.28. The van der Waals surface area contributed by atoms with Crippen LogP contribution in [0.3, 0.4) is 0 Å². The molecule has 0 saturated carbocycles. The molecule has 7 nitrogen and oxygen atoms in total. The summed E-state index contributed by atoms with van der Waals surface area (Å²) >= 11 is 0. The highest BCUT2D eigenvalue weighted by molar-refractivity contribution is 5.80. The summed E-state index contributed by atoms with van der Waals surface area (Å²) < 4.78 is 0. The van der Waals surface area contributed by atoms with E-state index in [9.17, 15) is 4.79 Å². The van der Waals surface area contributed by atoms with E-state index in [1.165, 1.54) is 0 Å². The van der Waals surface area contributed by atoms with Crippen LogP contribution in [-0.4, -0.2) is 43.0 Å². The maximum absolute atomic E-state index is 11.5. The Morgan fingerprint density at radius 3 is 3.00 bits per heavy atom. The Morgan fingerprint density at radius 1 is 1.44 bits per heavy atom. The van der Waals surface area contributed by atoms with E-state index in [0.29, 0.717) is 13.1 Å². The van der Waals surface area contributed by atoms with Gasteiger partial charge in [0.2, 0.25) is 5.91 Å². The number of rotatable bonds is 7. The minimum atomic E-state index is -0.224. The lowest BCUT2D eigenvalue weighted by atomic mass is 9.97. The Hall–Kier alpha value is -2.31. The van der Waals surface area contributed by atoms with E-state index in [-0.39, 0.29) is 11.8 Å². The fraction of sp³-hybridized carbons (Fsp3) is 0.611. The standard InChI is InChI=1S/C18H30N6O/c1-3-9-22-18(20-4-2)23-12-14-7-5-10-21-17(14)24-11-6-8-15(13-24)16(19)25/h5,7,10,15H,3-4,6,8-9,11-13H2,1-2H3,(H2,19,25)(H2,20,22,23). The van der Waals surface area contributed by atoms with Gasteiger partial charge in [0.25, 0.3) is 0 Å². The van der Waals surface area contributed by atoms with Gasteiger partial charge in [-0.1, -0.05) is 13.0 Å². The fourth-order valence-corrected chi connectivity index (χ4v) is 2.99. The fourth-order valence-electron chi connectivity index (χ4n) is 2.99. The number of carbonyl (C=O) groups excluding carboxylic acids is 1. The molecule has 25 heavy (non-hydrogen) atoms. The summed E-state index contributed by atoms with van der Waals surface area (Å²) in [5.74, 6) is 1.39. The van der Waals surface area contributed by atoms with Crippen LogP contribution in [-0.2, 0) is 11.3 Å². The smallest absolute Gasteiger partial charge is 0.222 e. The Morgan fingerprint density at radius 2 is 2.28 bits per heavy atom. The molecule has 1 amide bonds. The molecule has 0 bridgehead atoms. The topological polar surface area (TPSA) is 95.6 Å². The maximum Gasteiger partial charge on any atom is 0.222 e. The van der Waals surface area contributed by atoms with Gasteiger partial charge in [0, 0.05) is 37.9 Å². The Balaban J connectivity index is 2.12. The Kier molecular flexibility index (Phi) is 7.50. The molecule has 1 aliphatic heterocycles. The second kappa shape index (κ2) is 9.86. The molecule has 1 saturated heterocycles. The molecule has 2 rings (SSSR count). The van der Waals surface area contributed by atoms with Crippen molar-refractivity contribution >= 4 is 17.7 Å². The maximum atomic E-state index is 11.5. The average Bonchev–Trinajstić information content (AvgIpc) is 2.64. The number of anilines is 1. The SMILES string of the molecule is CCCNC(=NCc1cccnc1N1CCCC(C(N)=O)C1)NCC. The zero-order valence-electron chi connectivity index (χ0n) is 15.3. The molecule has 138 valence electrons. The predicted molar refractivity (Wildman–Crippen MR) is 101 cm³/mol. The first-order valence-electron chi connectivity index (χ1n) is 9.16. The summed E-state index contributed by atoms with van der Waals surface area (Å²) in [4.78, 5) is 22.9. The van der Waals surface area contributed by atoms with Gasteiger partial charge < -0.3 is 21.3 Å². The number of amides is 1. The van der Waals surface area contributed by atoms with Gasteiger partial charge in [-0.15, -0.1) is 0 Å². The Bertz CT molecular complexity index is 589. The molecule has 1 aliphatic rings. The molecule has 7 heteroatoms. The number of hydrogen-bond donors (Lipinski definition) is 3. The molecule has 0 spiro atoms. The quantitative estimate of drug-likeness (QED) is 0.510. The highest BCUT2D eigenvalue weighted by Gasteiger charge is 2.25. The molecule has 0 aliphatic carbocycles. The number of nitrogens with zero attached hydrogens (tertiary/aromatic N) is 3. The van der Waals surface area contributed by atoms with E-state index in [0.717, 1.165) is 56.2 Å². The third kappa shape index (κ3) is 5.62. The average molecular weight is 346 g/mol. The number of pyridine rings is 1. The number of primary amides is 1. The second-order valence-corrected chi connectivity index (χ2v) is 6.30. The molecular formula is C18H30N6O. The first-order valence-corrected chi connectivity index (χ1v) is 9.16. The minimum absolute atomic E-state index is 0.101. The van der Waals surface area contributed by atoms with Crippen LogP contribution in [0.25, 0.3) is 0 Å². The molecule has 0 radical (unpaired) electrons. The van der Waals surface area contributed by atoms with Crippen LogP contribution in [0.5, 0.6) is 0 Å². The Labute approximate surface area is 150 Å². The molecule has 0 aromatic carbocycles. The molecule has 1 fully saturated rings. The van der Waals surface area contributed by atoms with E-state index in [1.807, 2.05) is 12.1 Å². The van der Waals surface area contributed by atoms with E-state index in [2.05, 4.69) is 39.4 Å². The number of aliphatic imine (C=N–C) groups is 1. The number of hydrogen-bond acceptors (Lipinski definition) is 4. The van der Waals surface area contributed by atoms with Crippen molar-refractivity contribution in [3.05, 3.63) is 23.9 Å². The van der Waals surface area contributed by atoms with E-state index < -0.39 is 0 Å². The number of piperidine rings is 1. The van der Waals surface area contributed by atoms with Crippen molar-refractivity contribution in [2.75, 3.05) is 31.1 Å². The zero-order valence-corrected chi connectivity index (χ0v) is 15.3. The highest BCUT2D eigenvalue weighted by atomic mass is 16.1. The van der Waals surface area contributed by atoms with Crippen LogP contribution >= 0.6 is 0 Å². The van der Waals surface area contributed by atoms with Gasteiger partial charge in [0.15, 0.2) is 5.96 Å². The lowest BCUT2D eigenvalue weighted by Crippen LogP contribution is -2.42. The number of nitrogens with two attached hydrogens (primary N) is 1. The van der Waals surface area contributed by atoms with Gasteiger partial charge >= 0.3 is 0 Å². The van der Waals surface area contributed by atoms with Crippen LogP contribution < -0.4 is 21.3 Å². The molecule has 1 aromatic heterocycles. The van der Waals surface area contributed by atoms with Gasteiger partial charge in [0.05, 0.1) is 12.5 Å². The first kappa shape index (κ1) is 19.0. The lowest BCUT2D eigenvalue weighted by Gasteiger charge is -2.33. The number of nitrogens with one attached hydrogen (secondary N) is 2. The minimum Gasteiger partial charge on any atom is -0.369 e. The van der Waals surface area contributed by atoms with Crippen molar-refractivity contribution < 1.29 is 4.79 Å². The van der Waals surface area contributed by atoms with Crippen LogP contribution in [0.2, 0.25) is 0 Å². The molecule has 1 unspecified atom stereocenters. The van der Waals surface area contributed by atoms with Gasteiger partial charge in [0.1, 0.15) is 5.82 Å². The summed E-state index contributed by atoms with van der Waals surface area (Å²) in [6.07, 6.45) is 4.65. The van der Waals surface area contributed by atoms with Crippen molar-refractivity contribution in [1.82, 2.24) is 15.6 Å². The lowest BCUT2D eigenvalue weighted by molar-refractivity contribution is -0.122. The van der Waals surface area contributed by atoms with Crippen molar-refractivity contribution in [2.45, 2.75) is 39.7 Å². The van der Waals surface area contributed by atoms with Crippen LogP contribution in [0.4, 0.5) is 5.82 Å². The third-order valence-electron chi connectivity index (χ3n) is 4.28. The number of carbonyl (C=O) groups is 1. The van der Waals surface area contributed by atoms with Gasteiger partial charge in [-0.25, -0.2) is 9.98 Å².